The van der Waals surface area contributed by atoms with Crippen molar-refractivity contribution in [3.8, 4) is 12.0 Å². The van der Waals surface area contributed by atoms with Gasteiger partial charge in [-0.05, 0) is 24.6 Å². The van der Waals surface area contributed by atoms with Crippen molar-refractivity contribution in [3.05, 3.63) is 29.7 Å². The van der Waals surface area contributed by atoms with Gasteiger partial charge in [0.1, 0.15) is 0 Å². The summed E-state index contributed by atoms with van der Waals surface area (Å²) in [6.07, 6.45) is 5.40. The third-order valence-electron chi connectivity index (χ3n) is 0.911. The maximum absolute atomic E-state index is 2.91. The molecule has 0 bridgehead atoms. The van der Waals surface area contributed by atoms with Gasteiger partial charge in [0.05, 0.1) is 6.20 Å². The molecule has 44 valence electrons. The standard InChI is InChI=1S/C8H7N/c1-8-4-2-6-9-7-3-5-8/h4-6,9H,1H3. The Morgan fingerprint density at radius 3 is 3.33 bits per heavy atom. The van der Waals surface area contributed by atoms with E-state index in [2.05, 4.69) is 23.0 Å². The lowest BCUT2D eigenvalue weighted by molar-refractivity contribution is 1.26. The molecule has 0 spiro atoms. The third-order valence-corrected chi connectivity index (χ3v) is 0.911. The molecule has 0 unspecified atom stereocenters. The first-order chi connectivity index (χ1) is 4.39. The second-order valence-corrected chi connectivity index (χ2v) is 1.76. The lowest BCUT2D eigenvalue weighted by Gasteiger charge is -1.85. The summed E-state index contributed by atoms with van der Waals surface area (Å²) in [7, 11) is 0. The zero-order chi connectivity index (χ0) is 6.53. The van der Waals surface area contributed by atoms with Crippen molar-refractivity contribution < 1.29 is 0 Å². The van der Waals surface area contributed by atoms with Crippen LogP contribution in [-0.2, 0) is 0 Å². The molecule has 0 fully saturated rings. The Bertz CT molecular complexity index is 241. The van der Waals surface area contributed by atoms with Gasteiger partial charge in [0.25, 0.3) is 0 Å². The summed E-state index contributed by atoms with van der Waals surface area (Å²) >= 11 is 0. The molecule has 1 rings (SSSR count). The molecular formula is C8H7N. The van der Waals surface area contributed by atoms with Gasteiger partial charge in [0.15, 0.2) is 0 Å². The normalized spacial score (nSPS) is 14.1. The van der Waals surface area contributed by atoms with E-state index in [1.165, 1.54) is 0 Å². The van der Waals surface area contributed by atoms with Crippen molar-refractivity contribution >= 4 is 0 Å². The number of hydrogen-bond acceptors (Lipinski definition) is 1. The highest BCUT2D eigenvalue weighted by Gasteiger charge is 1.76. The Labute approximate surface area is 54.8 Å². The van der Waals surface area contributed by atoms with Crippen LogP contribution in [0.3, 0.4) is 0 Å². The van der Waals surface area contributed by atoms with E-state index in [1.807, 2.05) is 19.1 Å². The molecule has 1 heteroatoms. The molecular weight excluding hydrogens is 110 g/mol. The van der Waals surface area contributed by atoms with E-state index >= 15 is 0 Å². The lowest BCUT2D eigenvalue weighted by Crippen LogP contribution is -1.90. The molecule has 0 aliphatic carbocycles. The van der Waals surface area contributed by atoms with Crippen LogP contribution in [0.4, 0.5) is 0 Å². The van der Waals surface area contributed by atoms with Gasteiger partial charge in [-0.1, -0.05) is 5.92 Å². The van der Waals surface area contributed by atoms with E-state index in [0.717, 1.165) is 5.57 Å². The summed E-state index contributed by atoms with van der Waals surface area (Å²) < 4.78 is 0. The molecule has 0 saturated heterocycles. The summed E-state index contributed by atoms with van der Waals surface area (Å²) in [6, 6.07) is 2.70. The predicted molar refractivity (Wildman–Crippen MR) is 37.3 cm³/mol. The zero-order valence-electron chi connectivity index (χ0n) is 5.23. The van der Waals surface area contributed by atoms with Gasteiger partial charge in [-0.15, -0.1) is 5.73 Å². The molecule has 1 aliphatic heterocycles. The molecule has 0 saturated carbocycles. The second kappa shape index (κ2) is 2.81. The minimum absolute atomic E-state index is 1.13. The van der Waals surface area contributed by atoms with Crippen molar-refractivity contribution in [1.29, 1.82) is 0 Å². The van der Waals surface area contributed by atoms with Crippen LogP contribution < -0.4 is 5.32 Å². The first-order valence-corrected chi connectivity index (χ1v) is 2.73. The van der Waals surface area contributed by atoms with E-state index in [9.17, 15) is 0 Å². The Kier molecular flexibility index (Phi) is 1.80. The van der Waals surface area contributed by atoms with Crippen LogP contribution in [0.1, 0.15) is 6.92 Å². The Morgan fingerprint density at radius 1 is 1.56 bits per heavy atom. The lowest BCUT2D eigenvalue weighted by atomic mass is 10.3. The molecule has 0 aromatic rings. The van der Waals surface area contributed by atoms with Crippen LogP contribution in [0.2, 0.25) is 0 Å². The molecule has 1 N–H and O–H groups in total. The minimum Gasteiger partial charge on any atom is -0.314 e. The highest BCUT2D eigenvalue weighted by molar-refractivity contribution is 5.28. The SMILES string of the molecule is CC1=CC#CNC=C=C1. The molecule has 0 amide bonds. The molecule has 9 heavy (non-hydrogen) atoms. The van der Waals surface area contributed by atoms with Crippen molar-refractivity contribution in [2.24, 2.45) is 0 Å². The average Bonchev–Trinajstić information content (AvgIpc) is 1.79. The fourth-order valence-electron chi connectivity index (χ4n) is 0.484. The van der Waals surface area contributed by atoms with Crippen molar-refractivity contribution in [3.63, 3.8) is 0 Å². The molecule has 0 radical (unpaired) electrons. The van der Waals surface area contributed by atoms with Gasteiger partial charge < -0.3 is 5.32 Å². The number of rotatable bonds is 0. The smallest absolute Gasteiger partial charge is 0.0516 e. The van der Waals surface area contributed by atoms with Crippen LogP contribution in [-0.4, -0.2) is 0 Å². The fraction of sp³-hybridized carbons (Fsp3) is 0.125. The number of nitrogens with one attached hydrogen (secondary N) is 1. The summed E-state index contributed by atoms with van der Waals surface area (Å²) in [6.45, 7) is 1.99. The van der Waals surface area contributed by atoms with Crippen molar-refractivity contribution in [2.45, 2.75) is 6.92 Å². The van der Waals surface area contributed by atoms with Crippen LogP contribution in [0.25, 0.3) is 0 Å². The quantitative estimate of drug-likeness (QED) is 0.371. The summed E-state index contributed by atoms with van der Waals surface area (Å²) in [5.41, 5.74) is 4.03. The van der Waals surface area contributed by atoms with Gasteiger partial charge in [0, 0.05) is 6.04 Å². The molecule has 0 atom stereocenters. The molecule has 1 heterocycles. The maximum atomic E-state index is 2.91. The molecule has 1 nitrogen and oxygen atoms in total. The predicted octanol–water partition coefficient (Wildman–Crippen LogP) is 1.17. The topological polar surface area (TPSA) is 12.0 Å². The largest absolute Gasteiger partial charge is 0.314 e. The maximum Gasteiger partial charge on any atom is 0.0516 e. The van der Waals surface area contributed by atoms with Gasteiger partial charge in [-0.3, -0.25) is 0 Å². The number of allylic oxidation sites excluding steroid dienone is 3. The fourth-order valence-corrected chi connectivity index (χ4v) is 0.484. The highest BCUT2D eigenvalue weighted by atomic mass is 14.8. The first-order valence-electron chi connectivity index (χ1n) is 2.73. The van der Waals surface area contributed by atoms with E-state index in [-0.39, 0.29) is 0 Å². The first kappa shape index (κ1) is 5.75. The van der Waals surface area contributed by atoms with Crippen LogP contribution in [0.15, 0.2) is 29.7 Å². The van der Waals surface area contributed by atoms with E-state index in [4.69, 9.17) is 0 Å². The Hall–Kier alpha value is -1.38. The summed E-state index contributed by atoms with van der Waals surface area (Å²) in [4.78, 5) is 0. The van der Waals surface area contributed by atoms with Gasteiger partial charge >= 0.3 is 0 Å². The van der Waals surface area contributed by atoms with Crippen LogP contribution in [0, 0.1) is 12.0 Å². The molecule has 1 aliphatic rings. The van der Waals surface area contributed by atoms with Gasteiger partial charge in [-0.2, -0.15) is 0 Å². The highest BCUT2D eigenvalue weighted by Crippen LogP contribution is 1.91. The summed E-state index contributed by atoms with van der Waals surface area (Å²) in [5, 5.41) is 2.73. The van der Waals surface area contributed by atoms with E-state index in [1.54, 1.807) is 6.20 Å². The van der Waals surface area contributed by atoms with Crippen molar-refractivity contribution in [2.75, 3.05) is 0 Å². The minimum atomic E-state index is 1.13. The van der Waals surface area contributed by atoms with E-state index < -0.39 is 0 Å². The Balaban J connectivity index is 2.90. The van der Waals surface area contributed by atoms with Crippen LogP contribution >= 0.6 is 0 Å². The third kappa shape index (κ3) is 1.90. The van der Waals surface area contributed by atoms with Crippen LogP contribution in [0.5, 0.6) is 0 Å². The summed E-state index contributed by atoms with van der Waals surface area (Å²) in [5.74, 6) is 2.81. The average molecular weight is 117 g/mol. The van der Waals surface area contributed by atoms with Gasteiger partial charge in [0.2, 0.25) is 0 Å². The Morgan fingerprint density at radius 2 is 2.44 bits per heavy atom. The van der Waals surface area contributed by atoms with Gasteiger partial charge in [-0.25, -0.2) is 0 Å². The monoisotopic (exact) mass is 117 g/mol. The molecule has 0 aromatic carbocycles. The second-order valence-electron chi connectivity index (χ2n) is 1.76. The van der Waals surface area contributed by atoms with Crippen molar-refractivity contribution in [1.82, 2.24) is 5.32 Å². The number of hydrogen-bond donors (Lipinski definition) is 1. The zero-order valence-corrected chi connectivity index (χ0v) is 5.23. The molecule has 0 aromatic heterocycles. The van der Waals surface area contributed by atoms with E-state index in [0.29, 0.717) is 0 Å².